The van der Waals surface area contributed by atoms with Crippen LogP contribution in [0.1, 0.15) is 25.3 Å². The van der Waals surface area contributed by atoms with E-state index in [1.165, 1.54) is 19.1 Å². The molecule has 1 aromatic carbocycles. The lowest BCUT2D eigenvalue weighted by molar-refractivity contribution is -0.118. The van der Waals surface area contributed by atoms with Gasteiger partial charge in [0, 0.05) is 5.92 Å². The molecule has 1 rings (SSSR count). The summed E-state index contributed by atoms with van der Waals surface area (Å²) in [6.07, 6.45) is 0. The van der Waals surface area contributed by atoms with E-state index < -0.39 is 5.82 Å². The Balaban J connectivity index is 3.03. The highest BCUT2D eigenvalue weighted by atomic mass is 19.1. The van der Waals surface area contributed by atoms with Crippen molar-refractivity contribution in [3.8, 4) is 0 Å². The molecule has 0 spiro atoms. The minimum Gasteiger partial charge on any atom is -0.396 e. The van der Waals surface area contributed by atoms with Crippen LogP contribution in [0, 0.1) is 5.82 Å². The molecule has 1 unspecified atom stereocenters. The number of hydrogen-bond acceptors (Lipinski definition) is 2. The van der Waals surface area contributed by atoms with Crippen LogP contribution >= 0.6 is 0 Å². The Morgan fingerprint density at radius 2 is 2.15 bits per heavy atom. The third-order valence-corrected chi connectivity index (χ3v) is 2.13. The standard InChI is InChI=1S/C10H12FNO/c1-6(7(2)13)8-3-4-10(12)9(11)5-8/h3-6H,12H2,1-2H3. The number of anilines is 1. The van der Waals surface area contributed by atoms with Crippen LogP contribution in [0.25, 0.3) is 0 Å². The van der Waals surface area contributed by atoms with Crippen LogP contribution in [0.5, 0.6) is 0 Å². The molecule has 0 aliphatic heterocycles. The first kappa shape index (κ1) is 9.71. The van der Waals surface area contributed by atoms with Gasteiger partial charge in [-0.15, -0.1) is 0 Å². The van der Waals surface area contributed by atoms with Crippen molar-refractivity contribution in [1.29, 1.82) is 0 Å². The average molecular weight is 181 g/mol. The lowest BCUT2D eigenvalue weighted by Gasteiger charge is -2.08. The summed E-state index contributed by atoms with van der Waals surface area (Å²) in [6.45, 7) is 3.23. The molecule has 1 atom stereocenters. The number of rotatable bonds is 2. The van der Waals surface area contributed by atoms with Crippen LogP contribution < -0.4 is 5.73 Å². The number of benzene rings is 1. The maximum absolute atomic E-state index is 13.0. The van der Waals surface area contributed by atoms with Crippen molar-refractivity contribution in [1.82, 2.24) is 0 Å². The van der Waals surface area contributed by atoms with Crippen molar-refractivity contribution in [2.75, 3.05) is 5.73 Å². The Bertz CT molecular complexity index is 336. The van der Waals surface area contributed by atoms with E-state index in [1.54, 1.807) is 13.0 Å². The monoisotopic (exact) mass is 181 g/mol. The molecule has 0 bridgehead atoms. The predicted molar refractivity (Wildman–Crippen MR) is 49.9 cm³/mol. The summed E-state index contributed by atoms with van der Waals surface area (Å²) in [4.78, 5) is 11.0. The van der Waals surface area contributed by atoms with Crippen molar-refractivity contribution in [2.45, 2.75) is 19.8 Å². The highest BCUT2D eigenvalue weighted by molar-refractivity contribution is 5.83. The molecule has 2 N–H and O–H groups in total. The zero-order valence-electron chi connectivity index (χ0n) is 7.67. The Morgan fingerprint density at radius 1 is 1.54 bits per heavy atom. The van der Waals surface area contributed by atoms with Crippen LogP contribution in [0.15, 0.2) is 18.2 Å². The molecule has 0 amide bonds. The smallest absolute Gasteiger partial charge is 0.146 e. The number of nitrogen functional groups attached to an aromatic ring is 1. The molecule has 1 aromatic rings. The summed E-state index contributed by atoms with van der Waals surface area (Å²) in [5.74, 6) is -0.718. The fourth-order valence-corrected chi connectivity index (χ4v) is 1.05. The molecule has 2 nitrogen and oxygen atoms in total. The normalized spacial score (nSPS) is 12.5. The number of Topliss-reactive ketones (excluding diaryl/α,β-unsaturated/α-hetero) is 1. The van der Waals surface area contributed by atoms with Gasteiger partial charge in [0.05, 0.1) is 5.69 Å². The molecule has 3 heteroatoms. The number of carbonyl (C=O) groups excluding carboxylic acids is 1. The van der Waals surface area contributed by atoms with E-state index in [0.717, 1.165) is 0 Å². The molecular weight excluding hydrogens is 169 g/mol. The summed E-state index contributed by atoms with van der Waals surface area (Å²) in [6, 6.07) is 4.45. The molecule has 70 valence electrons. The third-order valence-electron chi connectivity index (χ3n) is 2.13. The van der Waals surface area contributed by atoms with E-state index in [-0.39, 0.29) is 17.4 Å². The van der Waals surface area contributed by atoms with Gasteiger partial charge in [0.25, 0.3) is 0 Å². The largest absolute Gasteiger partial charge is 0.396 e. The van der Waals surface area contributed by atoms with E-state index in [1.807, 2.05) is 0 Å². The molecular formula is C10H12FNO. The zero-order valence-corrected chi connectivity index (χ0v) is 7.67. The Hall–Kier alpha value is -1.38. The minimum absolute atomic E-state index is 0.0178. The summed E-state index contributed by atoms with van der Waals surface area (Å²) in [5.41, 5.74) is 6.08. The number of hydrogen-bond donors (Lipinski definition) is 1. The minimum atomic E-state index is -0.467. The Morgan fingerprint density at radius 3 is 2.62 bits per heavy atom. The van der Waals surface area contributed by atoms with Crippen LogP contribution in [-0.4, -0.2) is 5.78 Å². The second-order valence-corrected chi connectivity index (χ2v) is 3.11. The third kappa shape index (κ3) is 2.05. The van der Waals surface area contributed by atoms with E-state index in [9.17, 15) is 9.18 Å². The van der Waals surface area contributed by atoms with Crippen LogP contribution in [0.3, 0.4) is 0 Å². The van der Waals surface area contributed by atoms with Gasteiger partial charge in [0.2, 0.25) is 0 Å². The van der Waals surface area contributed by atoms with Gasteiger partial charge in [-0.2, -0.15) is 0 Å². The highest BCUT2D eigenvalue weighted by Crippen LogP contribution is 2.20. The van der Waals surface area contributed by atoms with E-state index in [4.69, 9.17) is 5.73 Å². The summed E-state index contributed by atoms with van der Waals surface area (Å²) in [7, 11) is 0. The Kier molecular flexibility index (Phi) is 2.66. The lowest BCUT2D eigenvalue weighted by Crippen LogP contribution is -2.05. The van der Waals surface area contributed by atoms with E-state index >= 15 is 0 Å². The molecule has 13 heavy (non-hydrogen) atoms. The molecule has 0 saturated heterocycles. The van der Waals surface area contributed by atoms with Crippen molar-refractivity contribution < 1.29 is 9.18 Å². The second-order valence-electron chi connectivity index (χ2n) is 3.11. The first-order valence-corrected chi connectivity index (χ1v) is 4.07. The van der Waals surface area contributed by atoms with Crippen molar-refractivity contribution in [3.63, 3.8) is 0 Å². The molecule has 0 aliphatic carbocycles. The van der Waals surface area contributed by atoms with Crippen molar-refractivity contribution in [2.24, 2.45) is 0 Å². The van der Waals surface area contributed by atoms with Crippen molar-refractivity contribution in [3.05, 3.63) is 29.6 Å². The summed E-state index contributed by atoms with van der Waals surface area (Å²) < 4.78 is 13.0. The van der Waals surface area contributed by atoms with Gasteiger partial charge in [0.1, 0.15) is 11.6 Å². The zero-order chi connectivity index (χ0) is 10.0. The first-order valence-electron chi connectivity index (χ1n) is 4.07. The topological polar surface area (TPSA) is 43.1 Å². The van der Waals surface area contributed by atoms with Crippen LogP contribution in [-0.2, 0) is 4.79 Å². The highest BCUT2D eigenvalue weighted by Gasteiger charge is 2.11. The van der Waals surface area contributed by atoms with Gasteiger partial charge in [0.15, 0.2) is 0 Å². The maximum Gasteiger partial charge on any atom is 0.146 e. The Labute approximate surface area is 76.6 Å². The maximum atomic E-state index is 13.0. The molecule has 0 fully saturated rings. The number of carbonyl (C=O) groups is 1. The second kappa shape index (κ2) is 3.56. The van der Waals surface area contributed by atoms with Gasteiger partial charge in [-0.05, 0) is 24.6 Å². The quantitative estimate of drug-likeness (QED) is 0.710. The number of ketones is 1. The number of halogens is 1. The summed E-state index contributed by atoms with van der Waals surface area (Å²) in [5, 5.41) is 0. The number of nitrogens with two attached hydrogens (primary N) is 1. The van der Waals surface area contributed by atoms with Gasteiger partial charge in [-0.3, -0.25) is 4.79 Å². The first-order chi connectivity index (χ1) is 6.02. The molecule has 0 aromatic heterocycles. The van der Waals surface area contributed by atoms with E-state index in [2.05, 4.69) is 0 Å². The molecule has 0 saturated carbocycles. The predicted octanol–water partition coefficient (Wildman–Crippen LogP) is 2.10. The average Bonchev–Trinajstić information content (AvgIpc) is 2.08. The van der Waals surface area contributed by atoms with Gasteiger partial charge in [-0.25, -0.2) is 4.39 Å². The van der Waals surface area contributed by atoms with Crippen LogP contribution in [0.2, 0.25) is 0 Å². The fourth-order valence-electron chi connectivity index (χ4n) is 1.05. The van der Waals surface area contributed by atoms with Crippen molar-refractivity contribution >= 4 is 11.5 Å². The fraction of sp³-hybridized carbons (Fsp3) is 0.300. The van der Waals surface area contributed by atoms with Gasteiger partial charge in [-0.1, -0.05) is 13.0 Å². The lowest BCUT2D eigenvalue weighted by atomic mass is 9.97. The molecule has 0 radical (unpaired) electrons. The molecule has 0 aliphatic rings. The molecule has 0 heterocycles. The summed E-state index contributed by atoms with van der Waals surface area (Å²) >= 11 is 0. The van der Waals surface area contributed by atoms with Gasteiger partial charge < -0.3 is 5.73 Å². The van der Waals surface area contributed by atoms with E-state index in [0.29, 0.717) is 5.56 Å². The van der Waals surface area contributed by atoms with Crippen LogP contribution in [0.4, 0.5) is 10.1 Å². The van der Waals surface area contributed by atoms with Gasteiger partial charge >= 0.3 is 0 Å². The SMILES string of the molecule is CC(=O)C(C)c1ccc(N)c(F)c1.